The van der Waals surface area contributed by atoms with Gasteiger partial charge in [0, 0.05) is 12.6 Å². The van der Waals surface area contributed by atoms with Crippen molar-refractivity contribution < 1.29 is 5.11 Å². The second-order valence-electron chi connectivity index (χ2n) is 2.66. The first kappa shape index (κ1) is 10.2. The van der Waals surface area contributed by atoms with E-state index in [9.17, 15) is 0 Å². The highest BCUT2D eigenvalue weighted by atomic mass is 35.5. The van der Waals surface area contributed by atoms with Crippen LogP contribution in [0.5, 0.6) is 0 Å². The van der Waals surface area contributed by atoms with Crippen molar-refractivity contribution in [2.24, 2.45) is 0 Å². The quantitative estimate of drug-likeness (QED) is 0.653. The van der Waals surface area contributed by atoms with E-state index in [1.54, 1.807) is 0 Å². The molecule has 0 atom stereocenters. The molecular weight excluding hydrogens is 150 g/mol. The van der Waals surface area contributed by atoms with Crippen LogP contribution in [0.1, 0.15) is 25.7 Å². The molecule has 2 nitrogen and oxygen atoms in total. The molecule has 0 aromatic carbocycles. The van der Waals surface area contributed by atoms with Crippen LogP contribution in [0.2, 0.25) is 0 Å². The van der Waals surface area contributed by atoms with Crippen molar-refractivity contribution in [3.8, 4) is 0 Å². The molecule has 1 aliphatic rings. The Morgan fingerprint density at radius 3 is 2.40 bits per heavy atom. The van der Waals surface area contributed by atoms with E-state index in [1.165, 1.54) is 25.7 Å². The topological polar surface area (TPSA) is 32.3 Å². The monoisotopic (exact) mass is 165 g/mol. The van der Waals surface area contributed by atoms with Gasteiger partial charge in [-0.15, -0.1) is 12.4 Å². The first-order chi connectivity index (χ1) is 4.43. The Morgan fingerprint density at radius 1 is 1.30 bits per heavy atom. The van der Waals surface area contributed by atoms with Gasteiger partial charge in [0.05, 0.1) is 6.61 Å². The van der Waals surface area contributed by atoms with Gasteiger partial charge < -0.3 is 10.4 Å². The average molecular weight is 166 g/mol. The van der Waals surface area contributed by atoms with Crippen LogP contribution >= 0.6 is 12.4 Å². The number of aliphatic hydroxyl groups excluding tert-OH is 1. The standard InChI is InChI=1S/C7H15NO.ClH/c9-6-5-8-7-3-1-2-4-7;/h7-9H,1-6H2;1H. The summed E-state index contributed by atoms with van der Waals surface area (Å²) in [6, 6.07) is 0.706. The molecular formula is C7H16ClNO. The average Bonchev–Trinajstić information content (AvgIpc) is 2.34. The highest BCUT2D eigenvalue weighted by molar-refractivity contribution is 5.85. The predicted octanol–water partition coefficient (Wildman–Crippen LogP) is 0.933. The summed E-state index contributed by atoms with van der Waals surface area (Å²) in [4.78, 5) is 0. The molecule has 0 heterocycles. The maximum absolute atomic E-state index is 8.46. The van der Waals surface area contributed by atoms with E-state index in [2.05, 4.69) is 5.32 Å². The van der Waals surface area contributed by atoms with Gasteiger partial charge in [0.25, 0.3) is 0 Å². The molecule has 10 heavy (non-hydrogen) atoms. The third-order valence-electron chi connectivity index (χ3n) is 1.90. The lowest BCUT2D eigenvalue weighted by molar-refractivity contribution is 0.284. The molecule has 0 bridgehead atoms. The first-order valence-corrected chi connectivity index (χ1v) is 3.77. The molecule has 0 radical (unpaired) electrons. The summed E-state index contributed by atoms with van der Waals surface area (Å²) in [7, 11) is 0. The molecule has 62 valence electrons. The summed E-state index contributed by atoms with van der Waals surface area (Å²) in [5.74, 6) is 0. The highest BCUT2D eigenvalue weighted by Gasteiger charge is 2.12. The summed E-state index contributed by atoms with van der Waals surface area (Å²) in [6.45, 7) is 1.04. The first-order valence-electron chi connectivity index (χ1n) is 3.77. The van der Waals surface area contributed by atoms with Gasteiger partial charge in [0.2, 0.25) is 0 Å². The van der Waals surface area contributed by atoms with Crippen LogP contribution in [0.3, 0.4) is 0 Å². The number of nitrogens with one attached hydrogen (secondary N) is 1. The van der Waals surface area contributed by atoms with Crippen molar-refractivity contribution in [1.29, 1.82) is 0 Å². The number of rotatable bonds is 3. The van der Waals surface area contributed by atoms with Crippen LogP contribution in [0, 0.1) is 0 Å². The van der Waals surface area contributed by atoms with E-state index in [4.69, 9.17) is 5.11 Å². The van der Waals surface area contributed by atoms with Crippen LogP contribution in [-0.2, 0) is 0 Å². The summed E-state index contributed by atoms with van der Waals surface area (Å²) in [5, 5.41) is 11.7. The van der Waals surface area contributed by atoms with Crippen LogP contribution in [0.15, 0.2) is 0 Å². The van der Waals surface area contributed by atoms with Crippen LogP contribution in [-0.4, -0.2) is 24.3 Å². The Kier molecular flexibility index (Phi) is 6.08. The smallest absolute Gasteiger partial charge is 0.0556 e. The molecule has 1 aliphatic carbocycles. The van der Waals surface area contributed by atoms with Crippen LogP contribution < -0.4 is 5.32 Å². The lowest BCUT2D eigenvalue weighted by atomic mass is 10.2. The predicted molar refractivity (Wildman–Crippen MR) is 44.6 cm³/mol. The molecule has 1 fully saturated rings. The maximum atomic E-state index is 8.46. The van der Waals surface area contributed by atoms with Gasteiger partial charge in [-0.3, -0.25) is 0 Å². The Bertz CT molecular complexity index is 74.0. The number of hydrogen-bond acceptors (Lipinski definition) is 2. The molecule has 0 saturated heterocycles. The molecule has 0 aromatic heterocycles. The van der Waals surface area contributed by atoms with E-state index in [0.717, 1.165) is 6.54 Å². The van der Waals surface area contributed by atoms with Crippen LogP contribution in [0.4, 0.5) is 0 Å². The van der Waals surface area contributed by atoms with E-state index in [1.807, 2.05) is 0 Å². The van der Waals surface area contributed by atoms with Crippen molar-refractivity contribution in [3.05, 3.63) is 0 Å². The lowest BCUT2D eigenvalue weighted by Crippen LogP contribution is -2.28. The molecule has 1 rings (SSSR count). The third kappa shape index (κ3) is 3.40. The molecule has 0 aliphatic heterocycles. The van der Waals surface area contributed by atoms with Gasteiger partial charge in [0.15, 0.2) is 0 Å². The number of halogens is 1. The Morgan fingerprint density at radius 2 is 1.90 bits per heavy atom. The van der Waals surface area contributed by atoms with Crippen LogP contribution in [0.25, 0.3) is 0 Å². The van der Waals surface area contributed by atoms with Crippen molar-refractivity contribution in [2.75, 3.05) is 13.2 Å². The van der Waals surface area contributed by atoms with Gasteiger partial charge in [-0.2, -0.15) is 0 Å². The Hall–Kier alpha value is 0.210. The molecule has 0 unspecified atom stereocenters. The molecule has 2 N–H and O–H groups in total. The van der Waals surface area contributed by atoms with Gasteiger partial charge in [0.1, 0.15) is 0 Å². The normalized spacial score (nSPS) is 18.9. The lowest BCUT2D eigenvalue weighted by Gasteiger charge is -2.08. The highest BCUT2D eigenvalue weighted by Crippen LogP contribution is 2.16. The fraction of sp³-hybridized carbons (Fsp3) is 1.00. The SMILES string of the molecule is Cl.OCCNC1CCCC1. The number of hydrogen-bond donors (Lipinski definition) is 2. The van der Waals surface area contributed by atoms with Crippen molar-refractivity contribution in [3.63, 3.8) is 0 Å². The minimum atomic E-state index is 0. The van der Waals surface area contributed by atoms with Gasteiger partial charge >= 0.3 is 0 Å². The van der Waals surface area contributed by atoms with E-state index >= 15 is 0 Å². The molecule has 0 amide bonds. The zero-order valence-corrected chi connectivity index (χ0v) is 6.99. The number of aliphatic hydroxyl groups is 1. The minimum Gasteiger partial charge on any atom is -0.395 e. The summed E-state index contributed by atoms with van der Waals surface area (Å²) >= 11 is 0. The third-order valence-corrected chi connectivity index (χ3v) is 1.90. The van der Waals surface area contributed by atoms with Crippen molar-refractivity contribution >= 4 is 12.4 Å². The van der Waals surface area contributed by atoms with Gasteiger partial charge in [-0.1, -0.05) is 12.8 Å². The van der Waals surface area contributed by atoms with E-state index in [0.29, 0.717) is 6.04 Å². The molecule has 3 heteroatoms. The van der Waals surface area contributed by atoms with Crippen molar-refractivity contribution in [2.45, 2.75) is 31.7 Å². The van der Waals surface area contributed by atoms with E-state index in [-0.39, 0.29) is 19.0 Å². The Balaban J connectivity index is 0.000000810. The summed E-state index contributed by atoms with van der Waals surface area (Å²) < 4.78 is 0. The fourth-order valence-corrected chi connectivity index (χ4v) is 1.40. The maximum Gasteiger partial charge on any atom is 0.0556 e. The second-order valence-corrected chi connectivity index (χ2v) is 2.66. The fourth-order valence-electron chi connectivity index (χ4n) is 1.40. The summed E-state index contributed by atoms with van der Waals surface area (Å²) in [5.41, 5.74) is 0. The van der Waals surface area contributed by atoms with Crippen molar-refractivity contribution in [1.82, 2.24) is 5.32 Å². The summed E-state index contributed by atoms with van der Waals surface area (Å²) in [6.07, 6.45) is 5.34. The molecule has 1 saturated carbocycles. The zero-order chi connectivity index (χ0) is 6.53. The van der Waals surface area contributed by atoms with Gasteiger partial charge in [-0.25, -0.2) is 0 Å². The second kappa shape index (κ2) is 5.96. The Labute approximate surface area is 68.4 Å². The van der Waals surface area contributed by atoms with E-state index < -0.39 is 0 Å². The van der Waals surface area contributed by atoms with Gasteiger partial charge in [-0.05, 0) is 12.8 Å². The largest absolute Gasteiger partial charge is 0.395 e. The molecule has 0 spiro atoms. The zero-order valence-electron chi connectivity index (χ0n) is 6.18. The minimum absolute atomic E-state index is 0. The molecule has 0 aromatic rings.